The lowest BCUT2D eigenvalue weighted by atomic mass is 9.85. The van der Waals surface area contributed by atoms with E-state index in [4.69, 9.17) is 16.6 Å². The number of aromatic nitrogens is 2. The van der Waals surface area contributed by atoms with Crippen molar-refractivity contribution < 1.29 is 5.11 Å². The van der Waals surface area contributed by atoms with Gasteiger partial charge in [0, 0.05) is 5.88 Å². The molecular weight excluding hydrogens is 356 g/mol. The Morgan fingerprint density at radius 3 is 2.07 bits per heavy atom. The lowest BCUT2D eigenvalue weighted by Gasteiger charge is -2.27. The highest BCUT2D eigenvalue weighted by Gasteiger charge is 2.37. The van der Waals surface area contributed by atoms with Crippen LogP contribution in [-0.4, -0.2) is 15.1 Å². The van der Waals surface area contributed by atoms with Crippen molar-refractivity contribution in [2.45, 2.75) is 24.8 Å². The number of hydrogen-bond donors (Lipinski definition) is 2. The zero-order valence-electron chi connectivity index (χ0n) is 15.1. The molecule has 1 aromatic heterocycles. The van der Waals surface area contributed by atoms with E-state index in [0.29, 0.717) is 11.7 Å². The minimum Gasteiger partial charge on any atom is -0.373 e. The fourth-order valence-corrected chi connectivity index (χ4v) is 3.73. The van der Waals surface area contributed by atoms with E-state index in [9.17, 15) is 5.11 Å². The van der Waals surface area contributed by atoms with Crippen LogP contribution in [0.2, 0.25) is 0 Å². The average Bonchev–Trinajstić information content (AvgIpc) is 3.18. The van der Waals surface area contributed by atoms with Gasteiger partial charge in [-0.05, 0) is 34.7 Å². The molecule has 0 atom stereocenters. The first-order valence-corrected chi connectivity index (χ1v) is 9.61. The molecule has 4 rings (SSSR count). The van der Waals surface area contributed by atoms with Crippen molar-refractivity contribution in [1.29, 1.82) is 0 Å². The van der Waals surface area contributed by atoms with Gasteiger partial charge in [-0.25, -0.2) is 4.98 Å². The van der Waals surface area contributed by atoms with Gasteiger partial charge >= 0.3 is 0 Å². The maximum absolute atomic E-state index is 11.9. The summed E-state index contributed by atoms with van der Waals surface area (Å²) in [5, 5.41) is 11.9. The van der Waals surface area contributed by atoms with E-state index < -0.39 is 5.60 Å². The number of aromatic amines is 1. The minimum atomic E-state index is -1.37. The van der Waals surface area contributed by atoms with E-state index in [0.717, 1.165) is 39.7 Å². The zero-order chi connectivity index (χ0) is 18.9. The van der Waals surface area contributed by atoms with Crippen molar-refractivity contribution in [1.82, 2.24) is 9.97 Å². The largest absolute Gasteiger partial charge is 0.373 e. The molecule has 1 heterocycles. The number of aryl methyl sites for hydroxylation is 1. The van der Waals surface area contributed by atoms with Crippen LogP contribution in [0.1, 0.15) is 35.0 Å². The van der Waals surface area contributed by atoms with Gasteiger partial charge in [0.05, 0.1) is 11.0 Å². The SMILES string of the molecule is CCc1cc(CCl)cc2[nH]c(C(O)(c3ccccc3)c3ccccc3)nc12. The summed E-state index contributed by atoms with van der Waals surface area (Å²) >= 11 is 6.06. The first-order chi connectivity index (χ1) is 13.2. The first-order valence-electron chi connectivity index (χ1n) is 9.08. The van der Waals surface area contributed by atoms with Crippen molar-refractivity contribution in [3.05, 3.63) is 101 Å². The van der Waals surface area contributed by atoms with Gasteiger partial charge in [0.2, 0.25) is 0 Å². The smallest absolute Gasteiger partial charge is 0.173 e. The molecule has 0 fully saturated rings. The van der Waals surface area contributed by atoms with E-state index in [2.05, 4.69) is 18.0 Å². The van der Waals surface area contributed by atoms with Crippen LogP contribution in [0.15, 0.2) is 72.8 Å². The quantitative estimate of drug-likeness (QED) is 0.473. The summed E-state index contributed by atoms with van der Waals surface area (Å²) < 4.78 is 0. The second-order valence-electron chi connectivity index (χ2n) is 6.67. The van der Waals surface area contributed by atoms with E-state index in [-0.39, 0.29) is 0 Å². The Labute approximate surface area is 163 Å². The van der Waals surface area contributed by atoms with Crippen LogP contribution < -0.4 is 0 Å². The molecule has 0 aliphatic carbocycles. The third-order valence-corrected chi connectivity index (χ3v) is 5.29. The highest BCUT2D eigenvalue weighted by atomic mass is 35.5. The van der Waals surface area contributed by atoms with Gasteiger partial charge in [0.25, 0.3) is 0 Å². The molecule has 0 spiro atoms. The summed E-state index contributed by atoms with van der Waals surface area (Å²) in [5.41, 5.74) is 4.11. The van der Waals surface area contributed by atoms with Crippen LogP contribution in [0.4, 0.5) is 0 Å². The van der Waals surface area contributed by atoms with E-state index in [1.807, 2.05) is 66.7 Å². The number of fused-ring (bicyclic) bond motifs is 1. The van der Waals surface area contributed by atoms with Crippen molar-refractivity contribution in [3.8, 4) is 0 Å². The Kier molecular flexibility index (Phi) is 4.73. The number of nitrogens with one attached hydrogen (secondary N) is 1. The number of hydrogen-bond acceptors (Lipinski definition) is 2. The molecule has 136 valence electrons. The average molecular weight is 377 g/mol. The molecule has 0 bridgehead atoms. The van der Waals surface area contributed by atoms with Gasteiger partial charge in [-0.3, -0.25) is 0 Å². The van der Waals surface area contributed by atoms with Crippen LogP contribution in [0.25, 0.3) is 11.0 Å². The van der Waals surface area contributed by atoms with Gasteiger partial charge in [0.1, 0.15) is 5.82 Å². The maximum atomic E-state index is 11.9. The number of aliphatic hydroxyl groups is 1. The van der Waals surface area contributed by atoms with Crippen molar-refractivity contribution >= 4 is 22.6 Å². The lowest BCUT2D eigenvalue weighted by molar-refractivity contribution is 0.117. The molecule has 0 radical (unpaired) electrons. The number of alkyl halides is 1. The van der Waals surface area contributed by atoms with Crippen molar-refractivity contribution in [2.24, 2.45) is 0 Å². The molecule has 0 amide bonds. The van der Waals surface area contributed by atoms with Crippen LogP contribution in [0, 0.1) is 0 Å². The molecule has 0 aliphatic rings. The van der Waals surface area contributed by atoms with Gasteiger partial charge in [-0.2, -0.15) is 0 Å². The highest BCUT2D eigenvalue weighted by Crippen LogP contribution is 2.36. The zero-order valence-corrected chi connectivity index (χ0v) is 15.9. The molecule has 0 aliphatic heterocycles. The monoisotopic (exact) mass is 376 g/mol. The summed E-state index contributed by atoms with van der Waals surface area (Å²) in [4.78, 5) is 8.20. The normalized spacial score (nSPS) is 11.8. The number of rotatable bonds is 5. The minimum absolute atomic E-state index is 0.443. The third-order valence-electron chi connectivity index (χ3n) is 4.99. The highest BCUT2D eigenvalue weighted by molar-refractivity contribution is 6.17. The van der Waals surface area contributed by atoms with Gasteiger partial charge in [-0.1, -0.05) is 73.7 Å². The Morgan fingerprint density at radius 2 is 1.56 bits per heavy atom. The lowest BCUT2D eigenvalue weighted by Crippen LogP contribution is -2.30. The summed E-state index contributed by atoms with van der Waals surface area (Å²) in [7, 11) is 0. The Balaban J connectivity index is 1.99. The van der Waals surface area contributed by atoms with Crippen LogP contribution in [0.5, 0.6) is 0 Å². The van der Waals surface area contributed by atoms with Crippen LogP contribution in [-0.2, 0) is 17.9 Å². The molecular formula is C23H21ClN2O. The predicted octanol–water partition coefficient (Wildman–Crippen LogP) is 5.15. The number of nitrogens with zero attached hydrogens (tertiary/aromatic N) is 1. The predicted molar refractivity (Wildman–Crippen MR) is 110 cm³/mol. The second kappa shape index (κ2) is 7.18. The molecule has 2 N–H and O–H groups in total. The van der Waals surface area contributed by atoms with E-state index in [1.54, 1.807) is 0 Å². The molecule has 0 unspecified atom stereocenters. The number of imidazole rings is 1. The standard InChI is InChI=1S/C23H21ClN2O/c1-2-17-13-16(15-24)14-20-21(17)26-22(25-20)23(27,18-9-5-3-6-10-18)19-11-7-4-8-12-19/h3-14,27H,2,15H2,1H3,(H,25,26). The molecule has 4 heteroatoms. The molecule has 4 aromatic rings. The summed E-state index contributed by atoms with van der Waals surface area (Å²) in [6.45, 7) is 2.10. The fraction of sp³-hybridized carbons (Fsp3) is 0.174. The molecule has 0 saturated heterocycles. The number of halogens is 1. The Bertz CT molecular complexity index is 1020. The van der Waals surface area contributed by atoms with Gasteiger partial charge in [0.15, 0.2) is 5.60 Å². The summed E-state index contributed by atoms with van der Waals surface area (Å²) in [5.74, 6) is 0.954. The maximum Gasteiger partial charge on any atom is 0.173 e. The van der Waals surface area contributed by atoms with Gasteiger partial charge < -0.3 is 10.1 Å². The van der Waals surface area contributed by atoms with Crippen molar-refractivity contribution in [2.75, 3.05) is 0 Å². The first kappa shape index (κ1) is 17.8. The van der Waals surface area contributed by atoms with Crippen molar-refractivity contribution in [3.63, 3.8) is 0 Å². The van der Waals surface area contributed by atoms with Crippen LogP contribution >= 0.6 is 11.6 Å². The Morgan fingerprint density at radius 1 is 0.963 bits per heavy atom. The van der Waals surface area contributed by atoms with Crippen LogP contribution in [0.3, 0.4) is 0 Å². The van der Waals surface area contributed by atoms with E-state index in [1.165, 1.54) is 0 Å². The summed E-state index contributed by atoms with van der Waals surface area (Å²) in [6, 6.07) is 23.4. The van der Waals surface area contributed by atoms with Gasteiger partial charge in [-0.15, -0.1) is 11.6 Å². The fourth-order valence-electron chi connectivity index (χ4n) is 3.57. The molecule has 3 aromatic carbocycles. The molecule has 27 heavy (non-hydrogen) atoms. The topological polar surface area (TPSA) is 48.9 Å². The molecule has 0 saturated carbocycles. The number of H-pyrrole nitrogens is 1. The second-order valence-corrected chi connectivity index (χ2v) is 6.93. The van der Waals surface area contributed by atoms with E-state index >= 15 is 0 Å². The Hall–Kier alpha value is -2.62. The molecule has 3 nitrogen and oxygen atoms in total. The summed E-state index contributed by atoms with van der Waals surface area (Å²) in [6.07, 6.45) is 0.848. The third kappa shape index (κ3) is 3.03. The number of benzene rings is 3.